The Bertz CT molecular complexity index is 587. The Balaban J connectivity index is 2.21. The van der Waals surface area contributed by atoms with Gasteiger partial charge < -0.3 is 5.11 Å². The van der Waals surface area contributed by atoms with E-state index in [-0.39, 0.29) is 12.2 Å². The highest BCUT2D eigenvalue weighted by Gasteiger charge is 2.09. The van der Waals surface area contributed by atoms with Crippen molar-refractivity contribution in [3.63, 3.8) is 0 Å². The number of benzene rings is 1. The highest BCUT2D eigenvalue weighted by atomic mass is 16.3. The number of aromatic nitrogens is 2. The minimum Gasteiger partial charge on any atom is -0.387 e. The number of hydrogen-bond acceptors (Lipinski definition) is 3. The van der Waals surface area contributed by atoms with Crippen molar-refractivity contribution in [3.05, 3.63) is 63.8 Å². The maximum absolute atomic E-state index is 11.5. The van der Waals surface area contributed by atoms with E-state index in [1.165, 1.54) is 10.8 Å². The molecule has 1 unspecified atom stereocenters. The van der Waals surface area contributed by atoms with Gasteiger partial charge in [0.05, 0.1) is 12.6 Å². The molecule has 0 spiro atoms. The molecular weight excluding hydrogens is 228 g/mol. The third-order valence-electron chi connectivity index (χ3n) is 2.82. The van der Waals surface area contributed by atoms with Crippen LogP contribution in [0.1, 0.15) is 22.8 Å². The summed E-state index contributed by atoms with van der Waals surface area (Å²) in [6.07, 6.45) is 2.52. The number of aliphatic hydroxyl groups excluding tert-OH is 1. The van der Waals surface area contributed by atoms with Gasteiger partial charge in [0.15, 0.2) is 0 Å². The zero-order valence-electron chi connectivity index (χ0n) is 10.5. The van der Waals surface area contributed by atoms with Gasteiger partial charge in [-0.3, -0.25) is 4.57 Å². The van der Waals surface area contributed by atoms with Crippen LogP contribution in [0, 0.1) is 13.8 Å². The fourth-order valence-electron chi connectivity index (χ4n) is 1.78. The summed E-state index contributed by atoms with van der Waals surface area (Å²) in [6, 6.07) is 7.62. The third-order valence-corrected chi connectivity index (χ3v) is 2.82. The Morgan fingerprint density at radius 3 is 2.56 bits per heavy atom. The van der Waals surface area contributed by atoms with Crippen LogP contribution >= 0.6 is 0 Å². The molecular formula is C14H16N2O2. The first-order valence-corrected chi connectivity index (χ1v) is 5.84. The third kappa shape index (κ3) is 2.84. The lowest BCUT2D eigenvalue weighted by atomic mass is 10.1. The first-order chi connectivity index (χ1) is 8.56. The molecule has 0 radical (unpaired) electrons. The molecule has 0 amide bonds. The average molecular weight is 244 g/mol. The van der Waals surface area contributed by atoms with Crippen LogP contribution in [0.15, 0.2) is 41.5 Å². The zero-order chi connectivity index (χ0) is 13.1. The molecule has 1 atom stereocenters. The van der Waals surface area contributed by atoms with E-state index < -0.39 is 6.10 Å². The molecule has 94 valence electrons. The number of nitrogens with zero attached hydrogens (tertiary/aromatic N) is 2. The van der Waals surface area contributed by atoms with Crippen molar-refractivity contribution >= 4 is 0 Å². The summed E-state index contributed by atoms with van der Waals surface area (Å²) >= 11 is 0. The molecule has 0 aliphatic rings. The molecule has 1 aromatic carbocycles. The molecule has 1 heterocycles. The lowest BCUT2D eigenvalue weighted by Gasteiger charge is -2.13. The fraction of sp³-hybridized carbons (Fsp3) is 0.286. The van der Waals surface area contributed by atoms with Crippen LogP contribution in [-0.4, -0.2) is 14.7 Å². The van der Waals surface area contributed by atoms with E-state index in [0.717, 1.165) is 16.7 Å². The summed E-state index contributed by atoms with van der Waals surface area (Å²) in [7, 11) is 0. The van der Waals surface area contributed by atoms with E-state index in [0.29, 0.717) is 0 Å². The second-order valence-corrected chi connectivity index (χ2v) is 4.49. The largest absolute Gasteiger partial charge is 0.387 e. The Kier molecular flexibility index (Phi) is 3.58. The van der Waals surface area contributed by atoms with Crippen molar-refractivity contribution in [3.8, 4) is 0 Å². The second-order valence-electron chi connectivity index (χ2n) is 4.49. The van der Waals surface area contributed by atoms with Gasteiger partial charge in [-0.05, 0) is 25.0 Å². The molecule has 0 aliphatic carbocycles. The Hall–Kier alpha value is -1.94. The molecule has 2 rings (SSSR count). The SMILES string of the molecule is Cc1ccc(C(O)Cn2cc(C)cnc2=O)cc1. The standard InChI is InChI=1S/C14H16N2O2/c1-10-3-5-12(6-4-10)13(17)9-16-8-11(2)7-15-14(16)18/h3-8,13,17H,9H2,1-2H3. The van der Waals surface area contributed by atoms with E-state index in [1.807, 2.05) is 38.1 Å². The fourth-order valence-corrected chi connectivity index (χ4v) is 1.78. The number of hydrogen-bond donors (Lipinski definition) is 1. The van der Waals surface area contributed by atoms with Gasteiger partial charge in [-0.1, -0.05) is 29.8 Å². The average Bonchev–Trinajstić information content (AvgIpc) is 2.34. The van der Waals surface area contributed by atoms with Gasteiger partial charge in [0.2, 0.25) is 0 Å². The van der Waals surface area contributed by atoms with E-state index in [9.17, 15) is 9.90 Å². The first-order valence-electron chi connectivity index (χ1n) is 5.84. The summed E-state index contributed by atoms with van der Waals surface area (Å²) in [4.78, 5) is 15.3. The van der Waals surface area contributed by atoms with E-state index in [2.05, 4.69) is 4.98 Å². The summed E-state index contributed by atoms with van der Waals surface area (Å²) in [5.41, 5.74) is 2.49. The molecule has 1 aromatic heterocycles. The zero-order valence-corrected chi connectivity index (χ0v) is 10.5. The van der Waals surface area contributed by atoms with Gasteiger partial charge in [-0.15, -0.1) is 0 Å². The predicted octanol–water partition coefficient (Wildman–Crippen LogP) is 1.59. The highest BCUT2D eigenvalue weighted by molar-refractivity contribution is 5.23. The lowest BCUT2D eigenvalue weighted by Crippen LogP contribution is -2.25. The number of aryl methyl sites for hydroxylation is 2. The summed E-state index contributed by atoms with van der Waals surface area (Å²) in [5.74, 6) is 0. The Morgan fingerprint density at radius 2 is 1.89 bits per heavy atom. The molecule has 0 saturated carbocycles. The first kappa shape index (κ1) is 12.5. The van der Waals surface area contributed by atoms with Crippen LogP contribution in [0.5, 0.6) is 0 Å². The predicted molar refractivity (Wildman–Crippen MR) is 69.4 cm³/mol. The number of aliphatic hydroxyl groups is 1. The van der Waals surface area contributed by atoms with Gasteiger partial charge in [0.1, 0.15) is 0 Å². The minimum atomic E-state index is -0.702. The molecule has 4 heteroatoms. The van der Waals surface area contributed by atoms with Crippen molar-refractivity contribution in [1.82, 2.24) is 9.55 Å². The van der Waals surface area contributed by atoms with Gasteiger partial charge in [0, 0.05) is 12.4 Å². The maximum atomic E-state index is 11.5. The lowest BCUT2D eigenvalue weighted by molar-refractivity contribution is 0.154. The molecule has 0 fully saturated rings. The maximum Gasteiger partial charge on any atom is 0.347 e. The van der Waals surface area contributed by atoms with Gasteiger partial charge in [-0.2, -0.15) is 0 Å². The van der Waals surface area contributed by atoms with Gasteiger partial charge in [0.25, 0.3) is 0 Å². The van der Waals surface area contributed by atoms with Crippen LogP contribution in [0.25, 0.3) is 0 Å². The quantitative estimate of drug-likeness (QED) is 0.892. The van der Waals surface area contributed by atoms with E-state index in [1.54, 1.807) is 6.20 Å². The monoisotopic (exact) mass is 244 g/mol. The Labute approximate surface area is 106 Å². The molecule has 0 aliphatic heterocycles. The molecule has 2 aromatic rings. The van der Waals surface area contributed by atoms with Crippen LogP contribution < -0.4 is 5.69 Å². The van der Waals surface area contributed by atoms with Gasteiger partial charge in [-0.25, -0.2) is 9.78 Å². The van der Waals surface area contributed by atoms with Crippen molar-refractivity contribution in [1.29, 1.82) is 0 Å². The minimum absolute atomic E-state index is 0.219. The molecule has 0 saturated heterocycles. The van der Waals surface area contributed by atoms with Crippen LogP contribution in [-0.2, 0) is 6.54 Å². The highest BCUT2D eigenvalue weighted by Crippen LogP contribution is 2.15. The molecule has 18 heavy (non-hydrogen) atoms. The molecule has 0 bridgehead atoms. The number of rotatable bonds is 3. The summed E-state index contributed by atoms with van der Waals surface area (Å²) < 4.78 is 1.43. The van der Waals surface area contributed by atoms with Gasteiger partial charge >= 0.3 is 5.69 Å². The van der Waals surface area contributed by atoms with E-state index >= 15 is 0 Å². The van der Waals surface area contributed by atoms with Crippen LogP contribution in [0.2, 0.25) is 0 Å². The van der Waals surface area contributed by atoms with Crippen molar-refractivity contribution in [2.45, 2.75) is 26.5 Å². The summed E-state index contributed by atoms with van der Waals surface area (Å²) in [6.45, 7) is 4.07. The second kappa shape index (κ2) is 5.14. The van der Waals surface area contributed by atoms with Crippen molar-refractivity contribution < 1.29 is 5.11 Å². The Morgan fingerprint density at radius 1 is 1.22 bits per heavy atom. The smallest absolute Gasteiger partial charge is 0.347 e. The summed E-state index contributed by atoms with van der Waals surface area (Å²) in [5, 5.41) is 10.1. The molecule has 1 N–H and O–H groups in total. The topological polar surface area (TPSA) is 55.1 Å². The van der Waals surface area contributed by atoms with Crippen LogP contribution in [0.4, 0.5) is 0 Å². The van der Waals surface area contributed by atoms with Crippen molar-refractivity contribution in [2.75, 3.05) is 0 Å². The van der Waals surface area contributed by atoms with Crippen molar-refractivity contribution in [2.24, 2.45) is 0 Å². The molecule has 4 nitrogen and oxygen atoms in total. The van der Waals surface area contributed by atoms with E-state index in [4.69, 9.17) is 0 Å². The normalized spacial score (nSPS) is 12.4. The van der Waals surface area contributed by atoms with Crippen LogP contribution in [0.3, 0.4) is 0 Å².